The number of ether oxygens (including phenoxy) is 2. The molecule has 1 heterocycles. The van der Waals surface area contributed by atoms with E-state index in [1.165, 1.54) is 11.3 Å². The molecule has 170 valence electrons. The molecule has 0 aliphatic carbocycles. The number of rotatable bonds is 10. The van der Waals surface area contributed by atoms with Crippen LogP contribution in [-0.2, 0) is 38.7 Å². The fourth-order valence-electron chi connectivity index (χ4n) is 2.65. The van der Waals surface area contributed by atoms with E-state index in [0.717, 1.165) is 21.7 Å². The van der Waals surface area contributed by atoms with Gasteiger partial charge in [0.25, 0.3) is 5.91 Å². The van der Waals surface area contributed by atoms with Crippen LogP contribution in [0.3, 0.4) is 0 Å². The maximum atomic E-state index is 12.2. The third kappa shape index (κ3) is 9.15. The van der Waals surface area contributed by atoms with Gasteiger partial charge in [0.05, 0.1) is 18.9 Å². The molecule has 9 heteroatoms. The lowest BCUT2D eigenvalue weighted by Gasteiger charge is -2.04. The molecule has 0 spiro atoms. The second-order valence-electron chi connectivity index (χ2n) is 6.56. The van der Waals surface area contributed by atoms with Crippen molar-refractivity contribution in [3.05, 3.63) is 81.3 Å². The molecule has 0 bridgehead atoms. The first-order valence-corrected chi connectivity index (χ1v) is 11.0. The van der Waals surface area contributed by atoms with Gasteiger partial charge in [0.2, 0.25) is 6.41 Å². The van der Waals surface area contributed by atoms with Crippen molar-refractivity contribution in [2.45, 2.75) is 19.6 Å². The van der Waals surface area contributed by atoms with Crippen LogP contribution in [0.15, 0.2) is 54.6 Å². The highest BCUT2D eigenvalue weighted by Gasteiger charge is 2.14. The first kappa shape index (κ1) is 25.5. The summed E-state index contributed by atoms with van der Waals surface area (Å²) >= 11 is 7.51. The zero-order chi connectivity index (χ0) is 23.2. The number of nitrogens with zero attached hydrogens (tertiary/aromatic N) is 1. The minimum atomic E-state index is -0.233. The molecule has 32 heavy (non-hydrogen) atoms. The Kier molecular flexibility index (Phi) is 11.4. The van der Waals surface area contributed by atoms with Crippen LogP contribution in [0.2, 0.25) is 5.02 Å². The number of aromatic nitrogens is 1. The van der Waals surface area contributed by atoms with Gasteiger partial charge in [0.15, 0.2) is 5.13 Å². The van der Waals surface area contributed by atoms with Gasteiger partial charge in [-0.15, -0.1) is 11.3 Å². The van der Waals surface area contributed by atoms with Crippen LogP contribution in [0.5, 0.6) is 0 Å². The summed E-state index contributed by atoms with van der Waals surface area (Å²) < 4.78 is 10.7. The number of anilines is 1. The molecule has 3 aromatic rings. The van der Waals surface area contributed by atoms with Crippen molar-refractivity contribution in [2.75, 3.05) is 26.1 Å². The van der Waals surface area contributed by atoms with Crippen molar-refractivity contribution in [3.8, 4) is 0 Å². The first-order chi connectivity index (χ1) is 15.5. The summed E-state index contributed by atoms with van der Waals surface area (Å²) in [6.07, 6.45) is 1.30. The van der Waals surface area contributed by atoms with Crippen molar-refractivity contribution >= 4 is 40.4 Å². The Morgan fingerprint density at radius 1 is 1.12 bits per heavy atom. The van der Waals surface area contributed by atoms with Gasteiger partial charge in [0.1, 0.15) is 6.61 Å². The Bertz CT molecular complexity index is 982. The van der Waals surface area contributed by atoms with Gasteiger partial charge >= 0.3 is 0 Å². The number of hydrogen-bond acceptors (Lipinski definition) is 6. The van der Waals surface area contributed by atoms with E-state index in [9.17, 15) is 4.79 Å². The van der Waals surface area contributed by atoms with E-state index in [-0.39, 0.29) is 12.5 Å². The molecule has 2 amide bonds. The van der Waals surface area contributed by atoms with Gasteiger partial charge in [-0.25, -0.2) is 4.98 Å². The van der Waals surface area contributed by atoms with Crippen LogP contribution in [0.4, 0.5) is 5.13 Å². The Balaban J connectivity index is 0.000000837. The molecule has 2 aromatic carbocycles. The van der Waals surface area contributed by atoms with E-state index < -0.39 is 0 Å². The molecule has 0 unspecified atom stereocenters. The minimum absolute atomic E-state index is 0.0300. The molecule has 0 fully saturated rings. The lowest BCUT2D eigenvalue weighted by Crippen LogP contribution is -2.18. The topological polar surface area (TPSA) is 89.5 Å². The maximum absolute atomic E-state index is 12.2. The molecular weight excluding hydrogens is 450 g/mol. The lowest BCUT2D eigenvalue weighted by atomic mass is 10.1. The average Bonchev–Trinajstić information content (AvgIpc) is 3.15. The molecule has 7 nitrogen and oxygen atoms in total. The average molecular weight is 476 g/mol. The van der Waals surface area contributed by atoms with Crippen molar-refractivity contribution in [1.29, 1.82) is 0 Å². The molecule has 0 saturated carbocycles. The van der Waals surface area contributed by atoms with Crippen LogP contribution in [0, 0.1) is 0 Å². The second kappa shape index (κ2) is 14.3. The number of halogens is 1. The Morgan fingerprint density at radius 3 is 2.50 bits per heavy atom. The van der Waals surface area contributed by atoms with E-state index in [1.807, 2.05) is 54.6 Å². The molecule has 2 N–H and O–H groups in total. The van der Waals surface area contributed by atoms with E-state index in [4.69, 9.17) is 25.9 Å². The first-order valence-electron chi connectivity index (χ1n) is 9.80. The molecule has 0 aliphatic heterocycles. The van der Waals surface area contributed by atoms with E-state index >= 15 is 0 Å². The van der Waals surface area contributed by atoms with Crippen molar-refractivity contribution in [2.24, 2.45) is 0 Å². The van der Waals surface area contributed by atoms with Gasteiger partial charge in [0, 0.05) is 30.5 Å². The Labute approximate surface area is 196 Å². The highest BCUT2D eigenvalue weighted by Crippen LogP contribution is 2.27. The van der Waals surface area contributed by atoms with Crippen molar-refractivity contribution in [1.82, 2.24) is 10.3 Å². The zero-order valence-electron chi connectivity index (χ0n) is 18.0. The highest BCUT2D eigenvalue weighted by molar-refractivity contribution is 7.15. The summed E-state index contributed by atoms with van der Waals surface area (Å²) in [5, 5.41) is 6.29. The van der Waals surface area contributed by atoms with Gasteiger partial charge in [-0.1, -0.05) is 54.1 Å². The summed E-state index contributed by atoms with van der Waals surface area (Å²) in [6, 6.07) is 17.4. The van der Waals surface area contributed by atoms with Crippen LogP contribution in [-0.4, -0.2) is 38.1 Å². The van der Waals surface area contributed by atoms with Crippen LogP contribution < -0.4 is 10.6 Å². The van der Waals surface area contributed by atoms with Crippen LogP contribution in [0.1, 0.15) is 21.7 Å². The van der Waals surface area contributed by atoms with Crippen LogP contribution in [0.25, 0.3) is 0 Å². The summed E-state index contributed by atoms with van der Waals surface area (Å²) in [5.74, 6) is -0.233. The fraction of sp³-hybridized carbons (Fsp3) is 0.261. The maximum Gasteiger partial charge on any atom is 0.252 e. The molecule has 0 saturated heterocycles. The number of hydrogen-bond donors (Lipinski definition) is 2. The summed E-state index contributed by atoms with van der Waals surface area (Å²) in [6.45, 7) is 0.742. The molecule has 0 atom stereocenters. The third-order valence-corrected chi connectivity index (χ3v) is 5.27. The Morgan fingerprint density at radius 2 is 1.84 bits per heavy atom. The van der Waals surface area contributed by atoms with Crippen molar-refractivity contribution < 1.29 is 19.1 Å². The quantitative estimate of drug-likeness (QED) is 0.432. The van der Waals surface area contributed by atoms with Crippen LogP contribution >= 0.6 is 22.9 Å². The normalized spacial score (nSPS) is 10.1. The SMILES string of the molecule is CNC=O.COCc1nc(NC(=O)COCc2ccccc2)sc1Cc1cccc(Cl)c1. The number of benzene rings is 2. The van der Waals surface area contributed by atoms with Gasteiger partial charge < -0.3 is 14.8 Å². The lowest BCUT2D eigenvalue weighted by molar-refractivity contribution is -0.121. The van der Waals surface area contributed by atoms with Crippen molar-refractivity contribution in [3.63, 3.8) is 0 Å². The molecule has 3 rings (SSSR count). The largest absolute Gasteiger partial charge is 0.378 e. The summed E-state index contributed by atoms with van der Waals surface area (Å²) in [7, 11) is 3.19. The second-order valence-corrected chi connectivity index (χ2v) is 8.08. The van der Waals surface area contributed by atoms with E-state index in [2.05, 4.69) is 15.6 Å². The van der Waals surface area contributed by atoms with Gasteiger partial charge in [-0.05, 0) is 23.3 Å². The number of methoxy groups -OCH3 is 1. The molecule has 0 radical (unpaired) electrons. The van der Waals surface area contributed by atoms with E-state index in [0.29, 0.717) is 36.2 Å². The number of thiazole rings is 1. The molecular formula is C23H26ClN3O4S. The predicted molar refractivity (Wildman–Crippen MR) is 127 cm³/mol. The predicted octanol–water partition coefficient (Wildman–Crippen LogP) is 4.05. The zero-order valence-corrected chi connectivity index (χ0v) is 19.5. The number of nitrogens with one attached hydrogen (secondary N) is 2. The Hall–Kier alpha value is -2.78. The monoisotopic (exact) mass is 475 g/mol. The summed E-state index contributed by atoms with van der Waals surface area (Å²) in [4.78, 5) is 26.8. The highest BCUT2D eigenvalue weighted by atomic mass is 35.5. The third-order valence-electron chi connectivity index (χ3n) is 4.02. The minimum Gasteiger partial charge on any atom is -0.378 e. The number of carbonyl (C=O) groups excluding carboxylic acids is 2. The smallest absolute Gasteiger partial charge is 0.252 e. The number of amides is 2. The van der Waals surface area contributed by atoms with E-state index in [1.54, 1.807) is 14.2 Å². The van der Waals surface area contributed by atoms with Gasteiger partial charge in [-0.3, -0.25) is 14.9 Å². The molecule has 1 aromatic heterocycles. The standard InChI is InChI=1S/C21H21ClN2O3S.C2H5NO/c1-26-13-18-19(11-16-8-5-9-17(22)10-16)28-21(23-18)24-20(25)14-27-12-15-6-3-2-4-7-15;1-3-2-4/h2-10H,11-14H2,1H3,(H,23,24,25);2H,1H3,(H,3,4). The molecule has 0 aliphatic rings. The summed E-state index contributed by atoms with van der Waals surface area (Å²) in [5.41, 5.74) is 2.92. The fourth-order valence-corrected chi connectivity index (χ4v) is 3.88. The van der Waals surface area contributed by atoms with Gasteiger partial charge in [-0.2, -0.15) is 0 Å². The number of carbonyl (C=O) groups is 2.